The molecule has 6 rings (SSSR count). The molecule has 5 aromatic rings. The van der Waals surface area contributed by atoms with Gasteiger partial charge in [-0.3, -0.25) is 0 Å². The molecule has 0 saturated heterocycles. The zero-order chi connectivity index (χ0) is 22.7. The molecule has 0 spiro atoms. The van der Waals surface area contributed by atoms with Gasteiger partial charge in [0.2, 0.25) is 0 Å². The highest BCUT2D eigenvalue weighted by molar-refractivity contribution is 8.02. The third-order valence-electron chi connectivity index (χ3n) is 6.08. The summed E-state index contributed by atoms with van der Waals surface area (Å²) in [4.78, 5) is 2.61. The van der Waals surface area contributed by atoms with Gasteiger partial charge in [-0.1, -0.05) is 72.8 Å². The van der Waals surface area contributed by atoms with Crippen molar-refractivity contribution < 1.29 is 9.47 Å². The van der Waals surface area contributed by atoms with Crippen LogP contribution in [0.15, 0.2) is 107 Å². The Labute approximate surface area is 208 Å². The monoisotopic (exact) mass is 480 g/mol. The molecule has 4 heteroatoms. The lowest BCUT2D eigenvalue weighted by molar-refractivity contribution is 0.340. The molecular weight excluding hydrogens is 456 g/mol. The predicted molar refractivity (Wildman–Crippen MR) is 146 cm³/mol. The normalized spacial score (nSPS) is 14.2. The van der Waals surface area contributed by atoms with Crippen LogP contribution in [0, 0.1) is 0 Å². The first-order valence-electron chi connectivity index (χ1n) is 11.5. The number of hydrogen-bond acceptors (Lipinski definition) is 4. The molecule has 0 fully saturated rings. The molecule has 0 unspecified atom stereocenters. The maximum atomic E-state index is 6.48. The summed E-state index contributed by atoms with van der Waals surface area (Å²) in [6, 6.07) is 34.2. The molecule has 1 aliphatic heterocycles. The van der Waals surface area contributed by atoms with Crippen molar-refractivity contribution in [3.8, 4) is 22.6 Å². The number of rotatable bonds is 0. The van der Waals surface area contributed by atoms with Crippen molar-refractivity contribution in [3.63, 3.8) is 0 Å². The van der Waals surface area contributed by atoms with E-state index in [2.05, 4.69) is 97.1 Å². The minimum atomic E-state index is 0.635. The lowest BCUT2D eigenvalue weighted by Crippen LogP contribution is -2.05. The van der Waals surface area contributed by atoms with Crippen molar-refractivity contribution >= 4 is 45.1 Å². The molecule has 34 heavy (non-hydrogen) atoms. The lowest BCUT2D eigenvalue weighted by atomic mass is 9.92. The molecule has 2 nitrogen and oxygen atoms in total. The molecule has 0 aliphatic carbocycles. The smallest absolute Gasteiger partial charge is 0.127 e. The molecule has 5 aromatic carbocycles. The summed E-state index contributed by atoms with van der Waals surface area (Å²) in [6.45, 7) is 1.27. The van der Waals surface area contributed by atoms with Crippen LogP contribution >= 0.6 is 23.5 Å². The van der Waals surface area contributed by atoms with Crippen LogP contribution in [0.4, 0.5) is 0 Å². The molecule has 0 radical (unpaired) electrons. The van der Waals surface area contributed by atoms with E-state index in [4.69, 9.17) is 9.47 Å². The first-order valence-corrected chi connectivity index (χ1v) is 13.5. The van der Waals surface area contributed by atoms with E-state index >= 15 is 0 Å². The molecule has 1 aliphatic rings. The summed E-state index contributed by atoms with van der Waals surface area (Å²) in [5.41, 5.74) is 2.22. The van der Waals surface area contributed by atoms with Crippen LogP contribution in [-0.4, -0.2) is 24.7 Å². The van der Waals surface area contributed by atoms with E-state index in [9.17, 15) is 0 Å². The number of fused-ring (bicyclic) bond motifs is 8. The predicted octanol–water partition coefficient (Wildman–Crippen LogP) is 8.32. The number of ether oxygens (including phenoxy) is 2. The lowest BCUT2D eigenvalue weighted by Gasteiger charge is -2.20. The highest BCUT2D eigenvalue weighted by Crippen LogP contribution is 2.45. The maximum absolute atomic E-state index is 6.48. The Hall–Kier alpha value is -3.08. The Kier molecular flexibility index (Phi) is 6.09. The molecule has 168 valence electrons. The zero-order valence-corrected chi connectivity index (χ0v) is 20.3. The second kappa shape index (κ2) is 9.65. The van der Waals surface area contributed by atoms with Gasteiger partial charge in [0.15, 0.2) is 0 Å². The molecule has 0 aromatic heterocycles. The van der Waals surface area contributed by atoms with Crippen molar-refractivity contribution in [2.75, 3.05) is 24.7 Å². The van der Waals surface area contributed by atoms with Gasteiger partial charge in [-0.05, 0) is 45.8 Å². The molecule has 0 atom stereocenters. The van der Waals surface area contributed by atoms with E-state index < -0.39 is 0 Å². The van der Waals surface area contributed by atoms with Gasteiger partial charge in [-0.15, -0.1) is 23.5 Å². The van der Waals surface area contributed by atoms with Crippen LogP contribution < -0.4 is 9.47 Å². The summed E-state index contributed by atoms with van der Waals surface area (Å²) >= 11 is 3.71. The van der Waals surface area contributed by atoms with Crippen molar-refractivity contribution in [2.45, 2.75) is 9.79 Å². The first kappa shape index (κ1) is 21.5. The second-order valence-corrected chi connectivity index (χ2v) is 10.4. The molecular formula is C30H24O2S2. The van der Waals surface area contributed by atoms with Gasteiger partial charge < -0.3 is 9.47 Å². The largest absolute Gasteiger partial charge is 0.492 e. The summed E-state index contributed by atoms with van der Waals surface area (Å²) < 4.78 is 13.0. The SMILES string of the molecule is c1ccc2c(c1)SCCOc1ccc3ccccc3c1-c1c(ccc3ccccc13)OCCS2. The fourth-order valence-corrected chi connectivity index (χ4v) is 6.45. The third-order valence-corrected chi connectivity index (χ3v) is 8.28. The van der Waals surface area contributed by atoms with Crippen LogP contribution in [0.2, 0.25) is 0 Å². The number of thioether (sulfide) groups is 2. The van der Waals surface area contributed by atoms with E-state index in [-0.39, 0.29) is 0 Å². The minimum Gasteiger partial charge on any atom is -0.492 e. The Balaban J connectivity index is 1.54. The summed E-state index contributed by atoms with van der Waals surface area (Å²) in [6.07, 6.45) is 0. The Morgan fingerprint density at radius 1 is 0.471 bits per heavy atom. The summed E-state index contributed by atoms with van der Waals surface area (Å²) in [5, 5.41) is 4.76. The maximum Gasteiger partial charge on any atom is 0.127 e. The summed E-state index contributed by atoms with van der Waals surface area (Å²) in [7, 11) is 0. The van der Waals surface area contributed by atoms with Crippen LogP contribution in [0.5, 0.6) is 11.5 Å². The van der Waals surface area contributed by atoms with Gasteiger partial charge in [-0.25, -0.2) is 0 Å². The van der Waals surface area contributed by atoms with Gasteiger partial charge in [0.1, 0.15) is 11.5 Å². The van der Waals surface area contributed by atoms with Crippen LogP contribution in [0.25, 0.3) is 32.7 Å². The van der Waals surface area contributed by atoms with Crippen molar-refractivity contribution in [2.24, 2.45) is 0 Å². The quantitative estimate of drug-likeness (QED) is 0.222. The van der Waals surface area contributed by atoms with E-state index in [1.807, 2.05) is 23.5 Å². The van der Waals surface area contributed by atoms with Gasteiger partial charge >= 0.3 is 0 Å². The standard InChI is InChI=1S/C30H24O2S2/c1-3-9-23-21(7-1)13-15-25-29(23)30-24-10-4-2-8-22(24)14-16-26(30)32-18-20-34-28-12-6-5-11-27(28)33-19-17-31-25/h1-16H,17-20H2. The van der Waals surface area contributed by atoms with E-state index in [0.717, 1.165) is 34.1 Å². The van der Waals surface area contributed by atoms with Crippen molar-refractivity contribution in [3.05, 3.63) is 97.1 Å². The second-order valence-electron chi connectivity index (χ2n) is 8.16. The average Bonchev–Trinajstić information content (AvgIpc) is 2.89. The zero-order valence-electron chi connectivity index (χ0n) is 18.7. The van der Waals surface area contributed by atoms with Crippen LogP contribution in [-0.2, 0) is 0 Å². The summed E-state index contributed by atoms with van der Waals surface area (Å²) in [5.74, 6) is 3.59. The molecule has 0 saturated carbocycles. The Morgan fingerprint density at radius 2 is 0.912 bits per heavy atom. The number of hydrogen-bond donors (Lipinski definition) is 0. The van der Waals surface area contributed by atoms with E-state index in [1.54, 1.807) is 0 Å². The number of benzene rings is 5. The Bertz CT molecular complexity index is 1370. The fraction of sp³-hybridized carbons (Fsp3) is 0.133. The van der Waals surface area contributed by atoms with E-state index in [0.29, 0.717) is 13.2 Å². The highest BCUT2D eigenvalue weighted by atomic mass is 32.2. The molecule has 0 amide bonds. The van der Waals surface area contributed by atoms with E-state index in [1.165, 1.54) is 31.3 Å². The average molecular weight is 481 g/mol. The minimum absolute atomic E-state index is 0.635. The first-order chi connectivity index (χ1) is 16.9. The highest BCUT2D eigenvalue weighted by Gasteiger charge is 2.19. The Morgan fingerprint density at radius 3 is 1.41 bits per heavy atom. The molecule has 0 bridgehead atoms. The van der Waals surface area contributed by atoms with Gasteiger partial charge in [-0.2, -0.15) is 0 Å². The molecule has 1 heterocycles. The van der Waals surface area contributed by atoms with Crippen molar-refractivity contribution in [1.82, 2.24) is 0 Å². The fourth-order valence-electron chi connectivity index (χ4n) is 4.55. The van der Waals surface area contributed by atoms with Crippen LogP contribution in [0.3, 0.4) is 0 Å². The third kappa shape index (κ3) is 4.13. The van der Waals surface area contributed by atoms with Gasteiger partial charge in [0.25, 0.3) is 0 Å². The topological polar surface area (TPSA) is 18.5 Å². The van der Waals surface area contributed by atoms with Crippen LogP contribution in [0.1, 0.15) is 0 Å². The molecule has 0 N–H and O–H groups in total. The van der Waals surface area contributed by atoms with Crippen molar-refractivity contribution in [1.29, 1.82) is 0 Å². The van der Waals surface area contributed by atoms with Gasteiger partial charge in [0, 0.05) is 32.4 Å². The van der Waals surface area contributed by atoms with Gasteiger partial charge in [0.05, 0.1) is 13.2 Å².